The molecule has 1 aliphatic heterocycles. The van der Waals surface area contributed by atoms with Crippen molar-refractivity contribution in [1.82, 2.24) is 9.88 Å². The monoisotopic (exact) mass is 366 g/mol. The first-order valence-corrected chi connectivity index (χ1v) is 9.98. The average Bonchev–Trinajstić information content (AvgIpc) is 2.70. The van der Waals surface area contributed by atoms with Crippen LogP contribution in [0.3, 0.4) is 0 Å². The topological polar surface area (TPSA) is 48.5 Å². The first-order valence-electron chi connectivity index (χ1n) is 9.98. The van der Waals surface area contributed by atoms with Crippen LogP contribution in [-0.4, -0.2) is 42.0 Å². The maximum Gasteiger partial charge on any atom is 0.272 e. The fourth-order valence-corrected chi connectivity index (χ4v) is 3.67. The zero-order valence-corrected chi connectivity index (χ0v) is 16.6. The molecule has 1 N–H and O–H groups in total. The number of nitrogens with one attached hydrogen (secondary N) is 1. The molecule has 5 heteroatoms. The van der Waals surface area contributed by atoms with E-state index in [4.69, 9.17) is 0 Å². The van der Waals surface area contributed by atoms with Crippen molar-refractivity contribution >= 4 is 23.0 Å². The van der Waals surface area contributed by atoms with Gasteiger partial charge in [0, 0.05) is 49.4 Å². The Balaban J connectivity index is 1.69. The van der Waals surface area contributed by atoms with E-state index in [0.717, 1.165) is 44.0 Å². The lowest BCUT2D eigenvalue weighted by Gasteiger charge is -2.30. The van der Waals surface area contributed by atoms with Crippen LogP contribution in [0.4, 0.5) is 17.1 Å². The highest BCUT2D eigenvalue weighted by atomic mass is 16.2. The maximum absolute atomic E-state index is 12.8. The molecule has 0 spiro atoms. The standard InChI is InChI=1S/C22H30N4O/c1-4-25(5-2)20-10-8-18(9-11-20)24-19-12-13-23-21(15-19)22(27)26-14-6-7-17(3)16-26/h8-13,15,17H,4-7,14,16H2,1-3H3,(H,23,24). The van der Waals surface area contributed by atoms with Crippen molar-refractivity contribution in [2.45, 2.75) is 33.6 Å². The van der Waals surface area contributed by atoms with E-state index in [-0.39, 0.29) is 5.91 Å². The van der Waals surface area contributed by atoms with E-state index in [1.54, 1.807) is 6.20 Å². The van der Waals surface area contributed by atoms with Crippen LogP contribution in [0.25, 0.3) is 0 Å². The van der Waals surface area contributed by atoms with Crippen molar-refractivity contribution in [3.05, 3.63) is 48.3 Å². The van der Waals surface area contributed by atoms with E-state index >= 15 is 0 Å². The van der Waals surface area contributed by atoms with Crippen molar-refractivity contribution in [1.29, 1.82) is 0 Å². The van der Waals surface area contributed by atoms with Crippen molar-refractivity contribution in [3.8, 4) is 0 Å². The molecule has 1 fully saturated rings. The summed E-state index contributed by atoms with van der Waals surface area (Å²) < 4.78 is 0. The third kappa shape index (κ3) is 4.79. The molecular weight excluding hydrogens is 336 g/mol. The number of rotatable bonds is 6. The quantitative estimate of drug-likeness (QED) is 0.815. The Bertz CT molecular complexity index is 755. The molecule has 0 radical (unpaired) electrons. The molecule has 1 amide bonds. The van der Waals surface area contributed by atoms with Crippen LogP contribution in [-0.2, 0) is 0 Å². The number of anilines is 3. The van der Waals surface area contributed by atoms with Crippen molar-refractivity contribution in [2.24, 2.45) is 5.92 Å². The number of benzene rings is 1. The van der Waals surface area contributed by atoms with Crippen LogP contribution in [0.2, 0.25) is 0 Å². The van der Waals surface area contributed by atoms with Crippen LogP contribution in [0.1, 0.15) is 44.1 Å². The SMILES string of the molecule is CCN(CC)c1ccc(Nc2ccnc(C(=O)N3CCCC(C)C3)c2)cc1. The molecule has 2 heterocycles. The number of hydrogen-bond donors (Lipinski definition) is 1. The lowest BCUT2D eigenvalue weighted by atomic mass is 10.00. The summed E-state index contributed by atoms with van der Waals surface area (Å²) in [6, 6.07) is 12.1. The van der Waals surface area contributed by atoms with Gasteiger partial charge in [0.15, 0.2) is 0 Å². The van der Waals surface area contributed by atoms with Gasteiger partial charge in [-0.25, -0.2) is 0 Å². The predicted molar refractivity (Wildman–Crippen MR) is 112 cm³/mol. The van der Waals surface area contributed by atoms with Gasteiger partial charge >= 0.3 is 0 Å². The van der Waals surface area contributed by atoms with Gasteiger partial charge in [-0.15, -0.1) is 0 Å². The summed E-state index contributed by atoms with van der Waals surface area (Å²) in [6.07, 6.45) is 3.97. The molecule has 1 aromatic heterocycles. The highest BCUT2D eigenvalue weighted by molar-refractivity contribution is 5.93. The largest absolute Gasteiger partial charge is 0.372 e. The second kappa shape index (κ2) is 8.89. The molecule has 0 saturated carbocycles. The lowest BCUT2D eigenvalue weighted by Crippen LogP contribution is -2.39. The highest BCUT2D eigenvalue weighted by Gasteiger charge is 2.23. The smallest absolute Gasteiger partial charge is 0.272 e. The predicted octanol–water partition coefficient (Wildman–Crippen LogP) is 4.54. The van der Waals surface area contributed by atoms with Gasteiger partial charge in [-0.3, -0.25) is 9.78 Å². The first kappa shape index (κ1) is 19.2. The third-order valence-corrected chi connectivity index (χ3v) is 5.21. The number of carbonyl (C=O) groups excluding carboxylic acids is 1. The molecule has 2 aromatic rings. The third-order valence-electron chi connectivity index (χ3n) is 5.21. The normalized spacial score (nSPS) is 16.9. The van der Waals surface area contributed by atoms with Crippen LogP contribution in [0.5, 0.6) is 0 Å². The minimum atomic E-state index is 0.0297. The van der Waals surface area contributed by atoms with Gasteiger partial charge in [-0.1, -0.05) is 6.92 Å². The van der Waals surface area contributed by atoms with Crippen LogP contribution in [0.15, 0.2) is 42.6 Å². The van der Waals surface area contributed by atoms with Crippen LogP contribution < -0.4 is 10.2 Å². The molecule has 0 bridgehead atoms. The Morgan fingerprint density at radius 1 is 1.19 bits per heavy atom. The number of likely N-dealkylation sites (tertiary alicyclic amines) is 1. The van der Waals surface area contributed by atoms with E-state index in [0.29, 0.717) is 11.6 Å². The summed E-state index contributed by atoms with van der Waals surface area (Å²) in [5, 5.41) is 3.38. The fraction of sp³-hybridized carbons (Fsp3) is 0.455. The summed E-state index contributed by atoms with van der Waals surface area (Å²) in [6.45, 7) is 10.2. The molecular formula is C22H30N4O. The van der Waals surface area contributed by atoms with Crippen molar-refractivity contribution in [2.75, 3.05) is 36.4 Å². The van der Waals surface area contributed by atoms with Crippen LogP contribution >= 0.6 is 0 Å². The average molecular weight is 367 g/mol. The Morgan fingerprint density at radius 3 is 2.59 bits per heavy atom. The summed E-state index contributed by atoms with van der Waals surface area (Å²) in [4.78, 5) is 21.3. The van der Waals surface area contributed by atoms with Gasteiger partial charge in [0.25, 0.3) is 5.91 Å². The Hall–Kier alpha value is -2.56. The van der Waals surface area contributed by atoms with E-state index in [9.17, 15) is 4.79 Å². The molecule has 1 aromatic carbocycles. The number of amides is 1. The van der Waals surface area contributed by atoms with Gasteiger partial charge in [0.2, 0.25) is 0 Å². The summed E-state index contributed by atoms with van der Waals surface area (Å²) >= 11 is 0. The second-order valence-electron chi connectivity index (χ2n) is 7.27. The number of hydrogen-bond acceptors (Lipinski definition) is 4. The van der Waals surface area contributed by atoms with Gasteiger partial charge in [0.05, 0.1) is 0 Å². The number of nitrogens with zero attached hydrogens (tertiary/aromatic N) is 3. The molecule has 27 heavy (non-hydrogen) atoms. The van der Waals surface area contributed by atoms with E-state index in [1.165, 1.54) is 12.1 Å². The van der Waals surface area contributed by atoms with Gasteiger partial charge in [-0.05, 0) is 69.0 Å². The molecule has 3 rings (SSSR count). The highest BCUT2D eigenvalue weighted by Crippen LogP contribution is 2.22. The molecule has 1 saturated heterocycles. The Morgan fingerprint density at radius 2 is 1.93 bits per heavy atom. The molecule has 0 aliphatic carbocycles. The fourth-order valence-electron chi connectivity index (χ4n) is 3.67. The summed E-state index contributed by atoms with van der Waals surface area (Å²) in [5.41, 5.74) is 3.61. The zero-order chi connectivity index (χ0) is 19.2. The van der Waals surface area contributed by atoms with Crippen molar-refractivity contribution < 1.29 is 4.79 Å². The Kier molecular flexibility index (Phi) is 6.32. The molecule has 144 valence electrons. The zero-order valence-electron chi connectivity index (χ0n) is 16.6. The van der Waals surface area contributed by atoms with Gasteiger partial charge < -0.3 is 15.1 Å². The number of carbonyl (C=O) groups is 1. The first-order chi connectivity index (χ1) is 13.1. The Labute approximate surface area is 162 Å². The number of piperidine rings is 1. The summed E-state index contributed by atoms with van der Waals surface area (Å²) in [7, 11) is 0. The van der Waals surface area contributed by atoms with E-state index in [2.05, 4.69) is 60.2 Å². The molecule has 1 atom stereocenters. The van der Waals surface area contributed by atoms with E-state index < -0.39 is 0 Å². The van der Waals surface area contributed by atoms with E-state index in [1.807, 2.05) is 17.0 Å². The van der Waals surface area contributed by atoms with Gasteiger partial charge in [0.1, 0.15) is 5.69 Å². The van der Waals surface area contributed by atoms with Gasteiger partial charge in [-0.2, -0.15) is 0 Å². The molecule has 5 nitrogen and oxygen atoms in total. The second-order valence-corrected chi connectivity index (χ2v) is 7.27. The minimum absolute atomic E-state index is 0.0297. The molecule has 1 unspecified atom stereocenters. The number of aromatic nitrogens is 1. The molecule has 1 aliphatic rings. The van der Waals surface area contributed by atoms with Crippen molar-refractivity contribution in [3.63, 3.8) is 0 Å². The summed E-state index contributed by atoms with van der Waals surface area (Å²) in [5.74, 6) is 0.593. The maximum atomic E-state index is 12.8. The minimum Gasteiger partial charge on any atom is -0.372 e. The lowest BCUT2D eigenvalue weighted by molar-refractivity contribution is 0.0677. The number of pyridine rings is 1. The van der Waals surface area contributed by atoms with Crippen LogP contribution in [0, 0.1) is 5.92 Å².